The molecule has 4 aromatic rings. The van der Waals surface area contributed by atoms with Gasteiger partial charge in [-0.3, -0.25) is 9.69 Å². The van der Waals surface area contributed by atoms with Crippen molar-refractivity contribution < 1.29 is 27.9 Å². The van der Waals surface area contributed by atoms with Gasteiger partial charge in [0.2, 0.25) is 5.91 Å². The van der Waals surface area contributed by atoms with Gasteiger partial charge in [0.05, 0.1) is 0 Å². The number of amides is 1. The fourth-order valence-electron chi connectivity index (χ4n) is 5.21. The van der Waals surface area contributed by atoms with Crippen LogP contribution in [0.15, 0.2) is 145 Å². The third-order valence-corrected chi connectivity index (χ3v) is 10.2. The first-order chi connectivity index (χ1) is 22.8. The number of hydrogen-bond acceptors (Lipinski definition) is 8. The molecule has 0 aliphatic carbocycles. The Labute approximate surface area is 278 Å². The number of esters is 1. The lowest BCUT2D eigenvalue weighted by Gasteiger charge is -2.50. The zero-order valence-electron chi connectivity index (χ0n) is 25.8. The van der Waals surface area contributed by atoms with Crippen molar-refractivity contribution in [3.8, 4) is 11.5 Å². The normalized spacial score (nSPS) is 17.7. The molecule has 9 nitrogen and oxygen atoms in total. The van der Waals surface area contributed by atoms with Crippen molar-refractivity contribution in [2.24, 2.45) is 0 Å². The van der Waals surface area contributed by atoms with Crippen molar-refractivity contribution in [3.63, 3.8) is 0 Å². The number of allylic oxidation sites excluding steroid dienone is 1. The average Bonchev–Trinajstić information content (AvgIpc) is 3.09. The van der Waals surface area contributed by atoms with Crippen LogP contribution in [0.1, 0.15) is 17.2 Å². The second-order valence-corrected chi connectivity index (χ2v) is 13.8. The number of nitrogens with zero attached hydrogens (tertiary/aromatic N) is 2. The molecule has 1 amide bonds. The number of para-hydroxylation sites is 2. The molecule has 1 saturated heterocycles. The predicted molar refractivity (Wildman–Crippen MR) is 182 cm³/mol. The number of carbonyl (C=O) groups is 2. The van der Waals surface area contributed by atoms with Gasteiger partial charge in [0.25, 0.3) is 0 Å². The lowest BCUT2D eigenvalue weighted by atomic mass is 10.0. The van der Waals surface area contributed by atoms with Crippen LogP contribution in [0, 0.1) is 0 Å². The van der Waals surface area contributed by atoms with Gasteiger partial charge in [-0.05, 0) is 53.2 Å². The summed E-state index contributed by atoms with van der Waals surface area (Å²) >= 11 is 1.45. The Morgan fingerprint density at radius 2 is 1.34 bits per heavy atom. The Bertz CT molecular complexity index is 1720. The SMILES string of the molecule is CN(C)/C=C/C1=C(C(=O)OC(c2ccccc2)c2ccccc2)N2C(=O)C(NP(=O)(Oc3ccccc3)Oc3ccccc3)C2SC1. The van der Waals surface area contributed by atoms with E-state index in [1.807, 2.05) is 104 Å². The van der Waals surface area contributed by atoms with Gasteiger partial charge < -0.3 is 18.7 Å². The fraction of sp³-hybridized carbons (Fsp3) is 0.167. The number of fused-ring (bicyclic) bond motifs is 1. The van der Waals surface area contributed by atoms with Crippen LogP contribution in [0.5, 0.6) is 11.5 Å². The number of carbonyl (C=O) groups excluding carboxylic acids is 2. The summed E-state index contributed by atoms with van der Waals surface area (Å²) in [5.41, 5.74) is 2.38. The highest BCUT2D eigenvalue weighted by Gasteiger charge is 2.56. The molecule has 2 heterocycles. The van der Waals surface area contributed by atoms with E-state index in [-0.39, 0.29) is 5.70 Å². The van der Waals surface area contributed by atoms with Crippen LogP contribution in [-0.2, 0) is 18.9 Å². The first-order valence-corrected chi connectivity index (χ1v) is 17.6. The van der Waals surface area contributed by atoms with Gasteiger partial charge in [-0.2, -0.15) is 5.09 Å². The molecule has 2 aliphatic heterocycles. The first kappa shape index (κ1) is 32.2. The third-order valence-electron chi connectivity index (χ3n) is 7.43. The number of ether oxygens (including phenoxy) is 1. The summed E-state index contributed by atoms with van der Waals surface area (Å²) in [6.45, 7) is 0. The Morgan fingerprint density at radius 3 is 1.83 bits per heavy atom. The largest absolute Gasteiger partial charge is 0.513 e. The molecule has 0 spiro atoms. The van der Waals surface area contributed by atoms with Gasteiger partial charge in [0.15, 0.2) is 6.10 Å². The molecule has 47 heavy (non-hydrogen) atoms. The summed E-state index contributed by atoms with van der Waals surface area (Å²) in [6, 6.07) is 35.2. The van der Waals surface area contributed by atoms with Crippen LogP contribution < -0.4 is 14.1 Å². The molecule has 240 valence electrons. The Hall–Kier alpha value is -4.76. The van der Waals surface area contributed by atoms with E-state index in [0.717, 1.165) is 11.1 Å². The van der Waals surface area contributed by atoms with Crippen LogP contribution >= 0.6 is 19.5 Å². The molecular formula is C36H34N3O6PS. The Kier molecular flexibility index (Phi) is 9.82. The Morgan fingerprint density at radius 1 is 0.851 bits per heavy atom. The molecular weight excluding hydrogens is 633 g/mol. The van der Waals surface area contributed by atoms with Crippen molar-refractivity contribution in [1.29, 1.82) is 0 Å². The van der Waals surface area contributed by atoms with Crippen molar-refractivity contribution in [3.05, 3.63) is 156 Å². The summed E-state index contributed by atoms with van der Waals surface area (Å²) in [6.07, 6.45) is 2.94. The molecule has 2 aliphatic rings. The molecule has 1 fully saturated rings. The van der Waals surface area contributed by atoms with Gasteiger partial charge in [0, 0.05) is 19.8 Å². The molecule has 0 aromatic heterocycles. The number of thioether (sulfide) groups is 1. The lowest BCUT2D eigenvalue weighted by molar-refractivity contribution is -0.153. The maximum absolute atomic E-state index is 14.2. The molecule has 6 rings (SSSR count). The van der Waals surface area contributed by atoms with E-state index >= 15 is 0 Å². The maximum Gasteiger partial charge on any atom is 0.513 e. The van der Waals surface area contributed by atoms with Gasteiger partial charge in [0.1, 0.15) is 28.6 Å². The average molecular weight is 668 g/mol. The summed E-state index contributed by atoms with van der Waals surface area (Å²) < 4.78 is 32.2. The fourth-order valence-corrected chi connectivity index (χ4v) is 8.17. The van der Waals surface area contributed by atoms with Crippen molar-refractivity contribution in [2.75, 3.05) is 19.8 Å². The first-order valence-electron chi connectivity index (χ1n) is 15.0. The quantitative estimate of drug-likeness (QED) is 0.0996. The van der Waals surface area contributed by atoms with Crippen molar-refractivity contribution in [1.82, 2.24) is 14.9 Å². The van der Waals surface area contributed by atoms with E-state index in [2.05, 4.69) is 5.09 Å². The van der Waals surface area contributed by atoms with Crippen LogP contribution in [0.3, 0.4) is 0 Å². The second-order valence-electron chi connectivity index (χ2n) is 11.1. The highest BCUT2D eigenvalue weighted by atomic mass is 32.2. The molecule has 0 saturated carbocycles. The zero-order chi connectivity index (χ0) is 32.8. The van der Waals surface area contributed by atoms with Crippen molar-refractivity contribution in [2.45, 2.75) is 17.5 Å². The molecule has 2 unspecified atom stereocenters. The van der Waals surface area contributed by atoms with E-state index in [1.54, 1.807) is 48.5 Å². The highest BCUT2D eigenvalue weighted by molar-refractivity contribution is 8.00. The van der Waals surface area contributed by atoms with Crippen LogP contribution in [0.4, 0.5) is 0 Å². The molecule has 2 atom stereocenters. The maximum atomic E-state index is 14.2. The molecule has 1 N–H and O–H groups in total. The third kappa shape index (κ3) is 7.46. The van der Waals surface area contributed by atoms with Crippen LogP contribution in [-0.4, -0.2) is 52.9 Å². The van der Waals surface area contributed by atoms with E-state index in [9.17, 15) is 14.2 Å². The minimum atomic E-state index is -4.14. The standard InChI is InChI=1S/C36H34N3O6PS/c1-38(2)24-23-28-25-47-35-31(37-46(42,44-29-19-11-5-12-20-29)45-30-21-13-6-14-22-30)34(40)39(35)32(28)36(41)43-33(26-15-7-3-8-16-26)27-17-9-4-10-18-27/h3-24,31,33,35H,25H2,1-2H3,(H,37,42)/b24-23+. The summed E-state index contributed by atoms with van der Waals surface area (Å²) in [7, 11) is -0.386. The van der Waals surface area contributed by atoms with Gasteiger partial charge in [-0.25, -0.2) is 9.36 Å². The summed E-state index contributed by atoms with van der Waals surface area (Å²) in [4.78, 5) is 31.4. The summed E-state index contributed by atoms with van der Waals surface area (Å²) in [5.74, 6) is -0.0527. The molecule has 11 heteroatoms. The minimum Gasteiger partial charge on any atom is -0.448 e. The van der Waals surface area contributed by atoms with Gasteiger partial charge >= 0.3 is 13.7 Å². The van der Waals surface area contributed by atoms with Gasteiger partial charge in [-0.1, -0.05) is 97.1 Å². The zero-order valence-corrected chi connectivity index (χ0v) is 27.6. The molecule has 0 bridgehead atoms. The monoisotopic (exact) mass is 667 g/mol. The minimum absolute atomic E-state index is 0.148. The van der Waals surface area contributed by atoms with E-state index in [1.165, 1.54) is 16.7 Å². The number of benzene rings is 4. The van der Waals surface area contributed by atoms with Crippen molar-refractivity contribution >= 4 is 31.4 Å². The van der Waals surface area contributed by atoms with Gasteiger partial charge in [-0.15, -0.1) is 11.8 Å². The number of nitrogens with one attached hydrogen (secondary N) is 1. The predicted octanol–water partition coefficient (Wildman–Crippen LogP) is 6.79. The number of β-lactam (4-membered cyclic amide) rings is 1. The number of hydrogen-bond donors (Lipinski definition) is 1. The topological polar surface area (TPSA) is 97.4 Å². The smallest absolute Gasteiger partial charge is 0.448 e. The van der Waals surface area contributed by atoms with E-state index in [0.29, 0.717) is 22.8 Å². The summed E-state index contributed by atoms with van der Waals surface area (Å²) in [5, 5.41) is 2.32. The molecule has 0 radical (unpaired) electrons. The number of rotatable bonds is 12. The van der Waals surface area contributed by atoms with E-state index < -0.39 is 37.1 Å². The Balaban J connectivity index is 1.30. The second kappa shape index (κ2) is 14.3. The lowest BCUT2D eigenvalue weighted by Crippen LogP contribution is -2.69. The van der Waals surface area contributed by atoms with Crippen LogP contribution in [0.2, 0.25) is 0 Å². The van der Waals surface area contributed by atoms with Crippen LogP contribution in [0.25, 0.3) is 0 Å². The highest BCUT2D eigenvalue weighted by Crippen LogP contribution is 2.50. The van der Waals surface area contributed by atoms with E-state index in [4.69, 9.17) is 13.8 Å². The molecule has 4 aromatic carbocycles.